The van der Waals surface area contributed by atoms with E-state index in [0.29, 0.717) is 21.8 Å². The predicted molar refractivity (Wildman–Crippen MR) is 162 cm³/mol. The minimum atomic E-state index is -1.62. The van der Waals surface area contributed by atoms with Crippen LogP contribution in [0.4, 0.5) is 0 Å². The van der Waals surface area contributed by atoms with Crippen LogP contribution in [0.3, 0.4) is 0 Å². The Bertz CT molecular complexity index is 931. The fraction of sp³-hybridized carbons (Fsp3) is 0.971. The van der Waals surface area contributed by atoms with Gasteiger partial charge in [-0.15, -0.1) is 0 Å². The van der Waals surface area contributed by atoms with Gasteiger partial charge in [-0.25, -0.2) is 4.99 Å². The van der Waals surface area contributed by atoms with Gasteiger partial charge >= 0.3 is 7.57 Å². The monoisotopic (exact) mass is 544 g/mol. The molecule has 0 unspecified atom stereocenters. The molecule has 12 saturated carbocycles. The molecule has 0 aromatic rings. The fourth-order valence-electron chi connectivity index (χ4n) is 15.7. The topological polar surface area (TPSA) is 21.6 Å². The van der Waals surface area contributed by atoms with Gasteiger partial charge in [-0.05, 0) is 176 Å². The fourth-order valence-corrected chi connectivity index (χ4v) is 21.8. The van der Waals surface area contributed by atoms with E-state index in [-0.39, 0.29) is 0 Å². The van der Waals surface area contributed by atoms with E-state index in [1.807, 2.05) is 0 Å². The highest BCUT2D eigenvalue weighted by Gasteiger charge is 2.72. The summed E-state index contributed by atoms with van der Waals surface area (Å²) in [5.41, 5.74) is 0.332. The van der Waals surface area contributed by atoms with Crippen molar-refractivity contribution in [2.45, 2.75) is 138 Å². The van der Waals surface area contributed by atoms with E-state index < -0.39 is 7.14 Å². The van der Waals surface area contributed by atoms with Gasteiger partial charge in [-0.3, -0.25) is 0 Å². The van der Waals surface area contributed by atoms with Crippen molar-refractivity contribution in [2.24, 2.45) is 63.7 Å². The van der Waals surface area contributed by atoms with Crippen molar-refractivity contribution in [2.75, 3.05) is 12.8 Å². The van der Waals surface area contributed by atoms with Crippen LogP contribution >= 0.6 is 7.14 Å². The maximum Gasteiger partial charge on any atom is 0.366 e. The molecular weight excluding hydrogens is 492 g/mol. The summed E-state index contributed by atoms with van der Waals surface area (Å²) in [6.45, 7) is 0.874. The molecule has 1 aliphatic heterocycles. The highest BCUT2D eigenvalue weighted by molar-refractivity contribution is 7.99. The standard InChI is InChI=1S/C35H52BNOP/c36-39(34-15-25-6-26(16-34)8-27(7-25)17-34,35-18-28-9-29(19-35)11-30(10-28)20-35)2-1-31-21-38-32(37-31)33-12-22-3-23(13-33)5-24(4-22)14-33/h22-31H,1-21H2/q+1/t22?,23?,24?,25?,26?,27?,28?,29?,30?,31-,33?,34?,35?,39?/m0/s1. The van der Waals surface area contributed by atoms with E-state index in [2.05, 4.69) is 0 Å². The van der Waals surface area contributed by atoms with E-state index in [9.17, 15) is 0 Å². The third-order valence-electron chi connectivity index (χ3n) is 15.7. The first-order valence-corrected chi connectivity index (χ1v) is 19.8. The largest absolute Gasteiger partial charge is 0.478 e. The van der Waals surface area contributed by atoms with Crippen LogP contribution in [-0.4, -0.2) is 42.6 Å². The molecule has 13 aliphatic rings. The van der Waals surface area contributed by atoms with E-state index in [0.717, 1.165) is 59.9 Å². The van der Waals surface area contributed by atoms with Gasteiger partial charge in [-0.1, -0.05) is 0 Å². The van der Waals surface area contributed by atoms with Crippen LogP contribution < -0.4 is 0 Å². The Morgan fingerprint density at radius 3 is 1.33 bits per heavy atom. The van der Waals surface area contributed by atoms with Crippen molar-refractivity contribution in [1.82, 2.24) is 0 Å². The van der Waals surface area contributed by atoms with Crippen LogP contribution in [0.1, 0.15) is 122 Å². The predicted octanol–water partition coefficient (Wildman–Crippen LogP) is 8.43. The summed E-state index contributed by atoms with van der Waals surface area (Å²) in [5.74, 6) is 10.2. The molecule has 0 aromatic carbocycles. The van der Waals surface area contributed by atoms with E-state index in [1.54, 1.807) is 38.5 Å². The van der Waals surface area contributed by atoms with Gasteiger partial charge in [0.05, 0.1) is 16.4 Å². The van der Waals surface area contributed by atoms with Crippen LogP contribution in [0.2, 0.25) is 0 Å². The first kappa shape index (κ1) is 24.4. The molecule has 0 saturated heterocycles. The summed E-state index contributed by atoms with van der Waals surface area (Å²) in [5, 5.41) is 1.08. The Morgan fingerprint density at radius 2 is 0.949 bits per heavy atom. The van der Waals surface area contributed by atoms with Crippen LogP contribution in [0.5, 0.6) is 0 Å². The van der Waals surface area contributed by atoms with Crippen molar-refractivity contribution in [3.05, 3.63) is 0 Å². The summed E-state index contributed by atoms with van der Waals surface area (Å²) < 4.78 is 6.64. The van der Waals surface area contributed by atoms with Gasteiger partial charge in [0, 0.05) is 18.0 Å². The second kappa shape index (κ2) is 8.11. The Hall–Kier alpha value is -0.0351. The number of nitrogens with zero attached hydrogens (tertiary/aromatic N) is 1. The zero-order chi connectivity index (χ0) is 25.6. The van der Waals surface area contributed by atoms with Crippen molar-refractivity contribution in [3.8, 4) is 0 Å². The molecule has 4 heteroatoms. The lowest BCUT2D eigenvalue weighted by atomic mass is 9.49. The second-order valence-electron chi connectivity index (χ2n) is 18.3. The Labute approximate surface area is 239 Å². The number of ether oxygens (including phenoxy) is 1. The van der Waals surface area contributed by atoms with Crippen LogP contribution in [-0.2, 0) is 4.74 Å². The Morgan fingerprint density at radius 1 is 0.590 bits per heavy atom. The number of rotatable bonds is 6. The van der Waals surface area contributed by atoms with Crippen molar-refractivity contribution in [3.63, 3.8) is 0 Å². The molecule has 0 N–H and O–H groups in total. The molecule has 0 aromatic heterocycles. The molecule has 1 atom stereocenters. The molecular formula is C35H52BNOP+. The van der Waals surface area contributed by atoms with Gasteiger partial charge in [0.2, 0.25) is 0 Å². The van der Waals surface area contributed by atoms with Crippen LogP contribution in [0.15, 0.2) is 4.99 Å². The number of hydrogen-bond donors (Lipinski definition) is 0. The molecule has 0 spiro atoms. The Balaban J connectivity index is 0.966. The summed E-state index contributed by atoms with van der Waals surface area (Å²) in [7, 11) is 6.75. The smallest absolute Gasteiger partial charge is 0.366 e. The maximum atomic E-state index is 8.38. The summed E-state index contributed by atoms with van der Waals surface area (Å²) in [6, 6.07) is 0.402. The van der Waals surface area contributed by atoms with Crippen molar-refractivity contribution >= 4 is 20.6 Å². The molecule has 13 rings (SSSR count). The zero-order valence-corrected chi connectivity index (χ0v) is 25.4. The first-order valence-electron chi connectivity index (χ1n) is 17.8. The van der Waals surface area contributed by atoms with Gasteiger partial charge < -0.3 is 4.74 Å². The minimum absolute atomic E-state index is 0.332. The highest BCUT2D eigenvalue weighted by atomic mass is 31.2. The lowest BCUT2D eigenvalue weighted by Crippen LogP contribution is -2.60. The molecule has 1 heterocycles. The van der Waals surface area contributed by atoms with E-state index in [1.165, 1.54) is 95.5 Å². The summed E-state index contributed by atoms with van der Waals surface area (Å²) in [4.78, 5) is 5.53. The van der Waals surface area contributed by atoms with E-state index >= 15 is 0 Å². The highest BCUT2D eigenvalue weighted by Crippen LogP contribution is 2.87. The summed E-state index contributed by atoms with van der Waals surface area (Å²) >= 11 is 0. The third kappa shape index (κ3) is 3.41. The Kier molecular flexibility index (Phi) is 5.08. The van der Waals surface area contributed by atoms with E-state index in [4.69, 9.17) is 17.3 Å². The normalized spacial score (nSPS) is 59.0. The van der Waals surface area contributed by atoms with Gasteiger partial charge in [0.25, 0.3) is 0 Å². The van der Waals surface area contributed by atoms with Gasteiger partial charge in [0.15, 0.2) is 5.90 Å². The van der Waals surface area contributed by atoms with Crippen molar-refractivity contribution < 1.29 is 4.74 Å². The first-order chi connectivity index (χ1) is 18.9. The average Bonchev–Trinajstić information content (AvgIpc) is 3.35. The van der Waals surface area contributed by atoms with Crippen molar-refractivity contribution in [1.29, 1.82) is 0 Å². The van der Waals surface area contributed by atoms with Crippen LogP contribution in [0, 0.1) is 58.7 Å². The number of hydrogen-bond acceptors (Lipinski definition) is 2. The molecule has 2 nitrogen and oxygen atoms in total. The molecule has 12 fully saturated rings. The molecule has 12 aliphatic carbocycles. The zero-order valence-electron chi connectivity index (χ0n) is 24.5. The molecule has 0 amide bonds. The van der Waals surface area contributed by atoms with Gasteiger partial charge in [-0.2, -0.15) is 0 Å². The molecule has 2 radical (unpaired) electrons. The SMILES string of the molecule is [B][P+](CC[C@H]1COC(C23CC4CC(CC(C4)C2)C3)=N1)(C12CC3CC(CC(C3)C1)C2)C12CC3CC(CC(C3)C1)C2. The lowest BCUT2D eigenvalue weighted by Gasteiger charge is -2.68. The maximum absolute atomic E-state index is 8.38. The average molecular weight is 545 g/mol. The molecule has 210 valence electrons. The minimum Gasteiger partial charge on any atom is -0.478 e. The van der Waals surface area contributed by atoms with Gasteiger partial charge in [0.1, 0.15) is 6.61 Å². The third-order valence-corrected chi connectivity index (χ3v) is 21.2. The molecule has 12 bridgehead atoms. The van der Waals surface area contributed by atoms with Crippen LogP contribution in [0.25, 0.3) is 0 Å². The summed E-state index contributed by atoms with van der Waals surface area (Å²) in [6.07, 6.45) is 29.7. The number of aliphatic imine (C=N–C) groups is 1. The second-order valence-corrected chi connectivity index (χ2v) is 22.3. The lowest BCUT2D eigenvalue weighted by molar-refractivity contribution is -0.0226. The quantitative estimate of drug-likeness (QED) is 0.243. The molecule has 39 heavy (non-hydrogen) atoms.